The fraction of sp³-hybridized carbons (Fsp3) is 0.0952. The second kappa shape index (κ2) is 8.17. The van der Waals surface area contributed by atoms with Crippen molar-refractivity contribution in [3.05, 3.63) is 91.7 Å². The van der Waals surface area contributed by atoms with E-state index in [-0.39, 0.29) is 22.2 Å². The van der Waals surface area contributed by atoms with Crippen LogP contribution in [0.1, 0.15) is 21.6 Å². The van der Waals surface area contributed by atoms with E-state index in [1.54, 1.807) is 49.5 Å². The van der Waals surface area contributed by atoms with Gasteiger partial charge in [0, 0.05) is 29.0 Å². The zero-order valence-electron chi connectivity index (χ0n) is 15.8. The quantitative estimate of drug-likeness (QED) is 0.474. The van der Waals surface area contributed by atoms with E-state index in [0.717, 1.165) is 5.56 Å². The van der Waals surface area contributed by atoms with Crippen LogP contribution in [-0.2, 0) is 6.54 Å². The number of halogens is 1. The molecule has 30 heavy (non-hydrogen) atoms. The van der Waals surface area contributed by atoms with Crippen LogP contribution >= 0.6 is 23.8 Å². The molecule has 0 aliphatic rings. The first-order valence-electron chi connectivity index (χ1n) is 9.04. The average Bonchev–Trinajstić information content (AvgIpc) is 2.72. The van der Waals surface area contributed by atoms with Crippen molar-refractivity contribution in [2.75, 3.05) is 0 Å². The van der Waals surface area contributed by atoms with E-state index >= 15 is 0 Å². The minimum atomic E-state index is -0.356. The van der Waals surface area contributed by atoms with E-state index in [4.69, 9.17) is 23.8 Å². The second-order valence-electron chi connectivity index (χ2n) is 6.64. The van der Waals surface area contributed by atoms with Crippen LogP contribution in [0.5, 0.6) is 0 Å². The number of hydrogen-bond acceptors (Lipinski definition) is 5. The SMILES string of the molecule is Cc1ccnc(-n2c(=S)[nH]c3cc(C(=O)NCc4cccc(Cl)c4)ccc3c2=O)n1. The fourth-order valence-electron chi connectivity index (χ4n) is 3.02. The number of amides is 1. The van der Waals surface area contributed by atoms with Crippen molar-refractivity contribution in [3.8, 4) is 5.95 Å². The van der Waals surface area contributed by atoms with E-state index in [1.165, 1.54) is 4.57 Å². The summed E-state index contributed by atoms with van der Waals surface area (Å²) in [5, 5.41) is 3.82. The van der Waals surface area contributed by atoms with E-state index in [1.807, 2.05) is 12.1 Å². The van der Waals surface area contributed by atoms with Crippen LogP contribution in [0.2, 0.25) is 5.02 Å². The number of benzene rings is 2. The van der Waals surface area contributed by atoms with E-state index in [0.29, 0.717) is 33.7 Å². The molecule has 1 amide bonds. The van der Waals surface area contributed by atoms with E-state index in [9.17, 15) is 9.59 Å². The topological polar surface area (TPSA) is 92.7 Å². The molecular formula is C21H16ClN5O2S. The lowest BCUT2D eigenvalue weighted by atomic mass is 10.1. The highest BCUT2D eigenvalue weighted by Gasteiger charge is 2.13. The molecule has 0 fully saturated rings. The maximum Gasteiger partial charge on any atom is 0.269 e. The van der Waals surface area contributed by atoms with Gasteiger partial charge in [-0.15, -0.1) is 0 Å². The Kier molecular flexibility index (Phi) is 5.43. The third-order valence-corrected chi connectivity index (χ3v) is 5.00. The zero-order chi connectivity index (χ0) is 21.3. The van der Waals surface area contributed by atoms with Gasteiger partial charge >= 0.3 is 0 Å². The maximum absolute atomic E-state index is 13.0. The highest BCUT2D eigenvalue weighted by molar-refractivity contribution is 7.71. The normalized spacial score (nSPS) is 10.9. The highest BCUT2D eigenvalue weighted by atomic mass is 35.5. The van der Waals surface area contributed by atoms with Crippen molar-refractivity contribution < 1.29 is 4.79 Å². The van der Waals surface area contributed by atoms with Crippen molar-refractivity contribution >= 4 is 40.6 Å². The first-order chi connectivity index (χ1) is 14.4. The Morgan fingerprint density at radius 2 is 2.07 bits per heavy atom. The Labute approximate surface area is 181 Å². The molecule has 2 heterocycles. The van der Waals surface area contributed by atoms with Crippen molar-refractivity contribution in [3.63, 3.8) is 0 Å². The minimum absolute atomic E-state index is 0.148. The van der Waals surface area contributed by atoms with Crippen molar-refractivity contribution in [2.45, 2.75) is 13.5 Å². The monoisotopic (exact) mass is 437 g/mol. The number of H-pyrrole nitrogens is 1. The number of rotatable bonds is 4. The summed E-state index contributed by atoms with van der Waals surface area (Å²) in [5.74, 6) is -0.0751. The first-order valence-corrected chi connectivity index (χ1v) is 9.83. The van der Waals surface area contributed by atoms with Crippen molar-refractivity contribution in [1.82, 2.24) is 24.8 Å². The molecule has 2 aromatic carbocycles. The lowest BCUT2D eigenvalue weighted by Crippen LogP contribution is -2.24. The summed E-state index contributed by atoms with van der Waals surface area (Å²) < 4.78 is 1.39. The zero-order valence-corrected chi connectivity index (χ0v) is 17.4. The van der Waals surface area contributed by atoms with Gasteiger partial charge in [-0.2, -0.15) is 0 Å². The van der Waals surface area contributed by atoms with Crippen LogP contribution < -0.4 is 10.9 Å². The molecule has 0 unspecified atom stereocenters. The number of hydrogen-bond donors (Lipinski definition) is 2. The molecular weight excluding hydrogens is 422 g/mol. The van der Waals surface area contributed by atoms with Gasteiger partial charge in [0.25, 0.3) is 11.5 Å². The lowest BCUT2D eigenvalue weighted by molar-refractivity contribution is 0.0951. The highest BCUT2D eigenvalue weighted by Crippen LogP contribution is 2.14. The number of aryl methyl sites for hydroxylation is 1. The predicted octanol–water partition coefficient (Wildman–Crippen LogP) is 3.73. The maximum atomic E-state index is 13.0. The third kappa shape index (κ3) is 4.00. The summed E-state index contributed by atoms with van der Waals surface area (Å²) in [5.41, 5.74) is 2.11. The van der Waals surface area contributed by atoms with Gasteiger partial charge in [0.05, 0.1) is 10.9 Å². The molecule has 0 bridgehead atoms. The Bertz CT molecular complexity index is 1400. The van der Waals surface area contributed by atoms with E-state index in [2.05, 4.69) is 20.3 Å². The number of carbonyl (C=O) groups excluding carboxylic acids is 1. The van der Waals surface area contributed by atoms with Crippen molar-refractivity contribution in [2.24, 2.45) is 0 Å². The Hall–Kier alpha value is -3.36. The number of aromatic nitrogens is 4. The van der Waals surface area contributed by atoms with Gasteiger partial charge in [-0.3, -0.25) is 9.59 Å². The van der Waals surface area contributed by atoms with Crippen molar-refractivity contribution in [1.29, 1.82) is 0 Å². The molecule has 9 heteroatoms. The van der Waals surface area contributed by atoms with Crippen LogP contribution in [0.25, 0.3) is 16.9 Å². The molecule has 0 aliphatic carbocycles. The smallest absolute Gasteiger partial charge is 0.269 e. The van der Waals surface area contributed by atoms with Crippen LogP contribution in [-0.4, -0.2) is 25.4 Å². The first kappa shape index (κ1) is 19.9. The molecule has 0 spiro atoms. The summed E-state index contributed by atoms with van der Waals surface area (Å²) >= 11 is 11.3. The number of aromatic amines is 1. The fourth-order valence-corrected chi connectivity index (χ4v) is 3.50. The summed E-state index contributed by atoms with van der Waals surface area (Å²) in [4.78, 5) is 36.9. The van der Waals surface area contributed by atoms with Gasteiger partial charge in [-0.1, -0.05) is 23.7 Å². The van der Waals surface area contributed by atoms with Crippen LogP contribution in [0, 0.1) is 11.7 Å². The summed E-state index contributed by atoms with van der Waals surface area (Å²) in [6.07, 6.45) is 1.57. The molecule has 150 valence electrons. The van der Waals surface area contributed by atoms with Gasteiger partial charge in [0.15, 0.2) is 4.77 Å². The second-order valence-corrected chi connectivity index (χ2v) is 7.46. The molecule has 0 saturated heterocycles. The summed E-state index contributed by atoms with van der Waals surface area (Å²) in [7, 11) is 0. The number of carbonyl (C=O) groups is 1. The van der Waals surface area contributed by atoms with Gasteiger partial charge in [0.1, 0.15) is 0 Å². The Balaban J connectivity index is 1.66. The van der Waals surface area contributed by atoms with Gasteiger partial charge < -0.3 is 10.3 Å². The molecule has 4 rings (SSSR count). The lowest BCUT2D eigenvalue weighted by Gasteiger charge is -2.09. The number of nitrogens with zero attached hydrogens (tertiary/aromatic N) is 3. The summed E-state index contributed by atoms with van der Waals surface area (Å²) in [6.45, 7) is 2.14. The summed E-state index contributed by atoms with van der Waals surface area (Å²) in [6, 6.07) is 13.8. The average molecular weight is 438 g/mol. The number of fused-ring (bicyclic) bond motifs is 1. The third-order valence-electron chi connectivity index (χ3n) is 4.48. The molecule has 4 aromatic rings. The van der Waals surface area contributed by atoms with Crippen LogP contribution in [0.3, 0.4) is 0 Å². The standard InChI is InChI=1S/C21H16ClN5O2S/c1-12-7-8-23-20(25-12)27-19(29)16-6-5-14(10-17(16)26-21(27)30)18(28)24-11-13-3-2-4-15(22)9-13/h2-10H,11H2,1H3,(H,24,28)(H,26,30). The van der Waals surface area contributed by atoms with Crippen LogP contribution in [0.15, 0.2) is 59.5 Å². The Morgan fingerprint density at radius 3 is 2.83 bits per heavy atom. The van der Waals surface area contributed by atoms with Gasteiger partial charge in [0.2, 0.25) is 5.95 Å². The minimum Gasteiger partial charge on any atom is -0.348 e. The largest absolute Gasteiger partial charge is 0.348 e. The number of nitrogens with one attached hydrogen (secondary N) is 2. The predicted molar refractivity (Wildman–Crippen MR) is 118 cm³/mol. The molecule has 2 aromatic heterocycles. The molecule has 0 aliphatic heterocycles. The molecule has 0 radical (unpaired) electrons. The van der Waals surface area contributed by atoms with E-state index < -0.39 is 0 Å². The molecule has 0 atom stereocenters. The molecule has 0 saturated carbocycles. The van der Waals surface area contributed by atoms with Gasteiger partial charge in [-0.05, 0) is 61.1 Å². The van der Waals surface area contributed by atoms with Crippen LogP contribution in [0.4, 0.5) is 0 Å². The van der Waals surface area contributed by atoms with Gasteiger partial charge in [-0.25, -0.2) is 14.5 Å². The molecule has 2 N–H and O–H groups in total. The Morgan fingerprint density at radius 1 is 1.23 bits per heavy atom. The molecule has 7 nitrogen and oxygen atoms in total.